The normalized spacial score (nSPS) is 12.2. The Labute approximate surface area is 138 Å². The fourth-order valence-corrected chi connectivity index (χ4v) is 4.44. The summed E-state index contributed by atoms with van der Waals surface area (Å²) in [5.41, 5.74) is -0.167. The van der Waals surface area contributed by atoms with E-state index in [0.717, 1.165) is 10.0 Å². The molecule has 7 nitrogen and oxygen atoms in total. The summed E-state index contributed by atoms with van der Waals surface area (Å²) in [6.45, 7) is 0. The van der Waals surface area contributed by atoms with Gasteiger partial charge in [-0.2, -0.15) is 13.7 Å². The first-order chi connectivity index (χ1) is 11.3. The largest absolute Gasteiger partial charge is 0.295 e. The third-order valence-corrected chi connectivity index (χ3v) is 6.09. The smallest absolute Gasteiger partial charge is 0.282 e. The molecule has 3 rings (SSSR count). The van der Waals surface area contributed by atoms with Crippen molar-refractivity contribution in [2.24, 2.45) is 0 Å². The van der Waals surface area contributed by atoms with Crippen molar-refractivity contribution in [1.29, 1.82) is 5.26 Å². The average Bonchev–Trinajstić information content (AvgIpc) is 2.98. The molecule has 0 saturated heterocycles. The van der Waals surface area contributed by atoms with Crippen molar-refractivity contribution in [2.45, 2.75) is 9.79 Å². The van der Waals surface area contributed by atoms with Crippen LogP contribution in [0.4, 0.5) is 0 Å². The van der Waals surface area contributed by atoms with Crippen LogP contribution in [-0.2, 0) is 20.1 Å². The van der Waals surface area contributed by atoms with Gasteiger partial charge >= 0.3 is 0 Å². The molecule has 122 valence electrons. The molecule has 0 amide bonds. The average molecular weight is 362 g/mol. The molecule has 0 saturated carbocycles. The third kappa shape index (κ3) is 2.46. The standard InChI is InChI=1S/C15H10N2O5S2/c16-10-13-12-8-9-17(14(12)6-7-15(13)24(20,21)22)23(18,19)11-4-2-1-3-5-11/h1-9H,(H,20,21,22). The molecule has 0 aliphatic carbocycles. The summed E-state index contributed by atoms with van der Waals surface area (Å²) < 4.78 is 58.3. The molecule has 0 aliphatic heterocycles. The Kier molecular flexibility index (Phi) is 3.68. The highest BCUT2D eigenvalue weighted by Crippen LogP contribution is 2.28. The van der Waals surface area contributed by atoms with Crippen LogP contribution in [0, 0.1) is 11.3 Å². The molecular formula is C15H10N2O5S2. The lowest BCUT2D eigenvalue weighted by atomic mass is 10.1. The fourth-order valence-electron chi connectivity index (χ4n) is 2.42. The first-order valence-corrected chi connectivity index (χ1v) is 9.47. The maximum absolute atomic E-state index is 12.7. The van der Waals surface area contributed by atoms with E-state index in [-0.39, 0.29) is 21.4 Å². The molecule has 2 aromatic carbocycles. The number of hydrogen-bond acceptors (Lipinski definition) is 5. The molecule has 9 heteroatoms. The van der Waals surface area contributed by atoms with Crippen molar-refractivity contribution in [3.63, 3.8) is 0 Å². The van der Waals surface area contributed by atoms with E-state index in [1.807, 2.05) is 0 Å². The Morgan fingerprint density at radius 1 is 0.958 bits per heavy atom. The van der Waals surface area contributed by atoms with E-state index in [1.54, 1.807) is 24.3 Å². The number of hydrogen-bond donors (Lipinski definition) is 1. The van der Waals surface area contributed by atoms with Crippen LogP contribution in [0.3, 0.4) is 0 Å². The van der Waals surface area contributed by atoms with Gasteiger partial charge in [0.2, 0.25) is 0 Å². The van der Waals surface area contributed by atoms with Gasteiger partial charge in [-0.15, -0.1) is 0 Å². The third-order valence-electron chi connectivity index (χ3n) is 3.49. The first kappa shape index (κ1) is 16.2. The van der Waals surface area contributed by atoms with E-state index < -0.39 is 25.0 Å². The Hall–Kier alpha value is -2.67. The Balaban J connectivity index is 2.33. The predicted octanol–water partition coefficient (Wildman–Crippen LogP) is 2.00. The minimum absolute atomic E-state index is 0.0554. The summed E-state index contributed by atoms with van der Waals surface area (Å²) >= 11 is 0. The molecule has 1 N–H and O–H groups in total. The van der Waals surface area contributed by atoms with E-state index in [4.69, 9.17) is 0 Å². The van der Waals surface area contributed by atoms with Crippen molar-refractivity contribution < 1.29 is 21.4 Å². The van der Waals surface area contributed by atoms with Gasteiger partial charge in [0.15, 0.2) is 0 Å². The van der Waals surface area contributed by atoms with Gasteiger partial charge in [0.05, 0.1) is 16.0 Å². The Morgan fingerprint density at radius 2 is 1.62 bits per heavy atom. The lowest BCUT2D eigenvalue weighted by Gasteiger charge is -2.08. The summed E-state index contributed by atoms with van der Waals surface area (Å²) in [5, 5.41) is 9.34. The molecule has 1 heterocycles. The molecular weight excluding hydrogens is 352 g/mol. The van der Waals surface area contributed by atoms with Crippen LogP contribution in [0.1, 0.15) is 5.56 Å². The number of aromatic nitrogens is 1. The maximum atomic E-state index is 12.7. The molecule has 1 aromatic heterocycles. The van der Waals surface area contributed by atoms with Gasteiger partial charge in [0, 0.05) is 11.6 Å². The molecule has 0 radical (unpaired) electrons. The second-order valence-corrected chi connectivity index (χ2v) is 8.09. The number of fused-ring (bicyclic) bond motifs is 1. The summed E-state index contributed by atoms with van der Waals surface area (Å²) in [6, 6.07) is 13.0. The van der Waals surface area contributed by atoms with Crippen molar-refractivity contribution in [3.8, 4) is 6.07 Å². The quantitative estimate of drug-likeness (QED) is 0.712. The summed E-state index contributed by atoms with van der Waals surface area (Å²) in [5.74, 6) is 0. The SMILES string of the molecule is N#Cc1c(S(=O)(=O)O)ccc2c1ccn2S(=O)(=O)c1ccccc1. The molecule has 0 spiro atoms. The fraction of sp³-hybridized carbons (Fsp3) is 0. The molecule has 3 aromatic rings. The molecule has 0 atom stereocenters. The van der Waals surface area contributed by atoms with E-state index in [2.05, 4.69) is 0 Å². The minimum atomic E-state index is -4.60. The lowest BCUT2D eigenvalue weighted by molar-refractivity contribution is 0.483. The van der Waals surface area contributed by atoms with Gasteiger partial charge < -0.3 is 0 Å². The monoisotopic (exact) mass is 362 g/mol. The lowest BCUT2D eigenvalue weighted by Crippen LogP contribution is -2.12. The van der Waals surface area contributed by atoms with Crippen molar-refractivity contribution >= 4 is 31.0 Å². The zero-order chi connectivity index (χ0) is 17.5. The van der Waals surface area contributed by atoms with Crippen LogP contribution in [0.25, 0.3) is 10.9 Å². The van der Waals surface area contributed by atoms with Gasteiger partial charge in [0.25, 0.3) is 20.1 Å². The molecule has 0 unspecified atom stereocenters. The topological polar surface area (TPSA) is 117 Å². The molecule has 0 aliphatic rings. The van der Waals surface area contributed by atoms with Crippen LogP contribution < -0.4 is 0 Å². The zero-order valence-corrected chi connectivity index (χ0v) is 13.6. The second-order valence-electron chi connectivity index (χ2n) is 4.89. The van der Waals surface area contributed by atoms with Crippen molar-refractivity contribution in [2.75, 3.05) is 0 Å². The van der Waals surface area contributed by atoms with Gasteiger partial charge in [-0.3, -0.25) is 4.55 Å². The predicted molar refractivity (Wildman–Crippen MR) is 85.5 cm³/mol. The van der Waals surface area contributed by atoms with Crippen molar-refractivity contribution in [3.05, 3.63) is 60.3 Å². The highest BCUT2D eigenvalue weighted by atomic mass is 32.2. The van der Waals surface area contributed by atoms with Crippen LogP contribution in [-0.4, -0.2) is 25.4 Å². The molecule has 0 bridgehead atoms. The van der Waals surface area contributed by atoms with E-state index in [1.165, 1.54) is 30.5 Å². The van der Waals surface area contributed by atoms with E-state index in [0.29, 0.717) is 0 Å². The Morgan fingerprint density at radius 3 is 2.21 bits per heavy atom. The van der Waals surface area contributed by atoms with Gasteiger partial charge in [-0.05, 0) is 30.3 Å². The number of benzene rings is 2. The highest BCUT2D eigenvalue weighted by molar-refractivity contribution is 7.90. The van der Waals surface area contributed by atoms with Gasteiger partial charge in [-0.1, -0.05) is 18.2 Å². The van der Waals surface area contributed by atoms with E-state index >= 15 is 0 Å². The van der Waals surface area contributed by atoms with Crippen LogP contribution >= 0.6 is 0 Å². The summed E-state index contributed by atoms with van der Waals surface area (Å²) in [7, 11) is -8.50. The van der Waals surface area contributed by atoms with Crippen LogP contribution in [0.5, 0.6) is 0 Å². The highest BCUT2D eigenvalue weighted by Gasteiger charge is 2.23. The number of nitrogens with zero attached hydrogens (tertiary/aromatic N) is 2. The second kappa shape index (κ2) is 5.45. The minimum Gasteiger partial charge on any atom is -0.282 e. The summed E-state index contributed by atoms with van der Waals surface area (Å²) in [6.07, 6.45) is 1.24. The van der Waals surface area contributed by atoms with Gasteiger partial charge in [0.1, 0.15) is 11.0 Å². The first-order valence-electron chi connectivity index (χ1n) is 6.59. The van der Waals surface area contributed by atoms with E-state index in [9.17, 15) is 26.7 Å². The van der Waals surface area contributed by atoms with Crippen LogP contribution in [0.15, 0.2) is 64.5 Å². The maximum Gasteiger partial charge on any atom is 0.295 e. The summed E-state index contributed by atoms with van der Waals surface area (Å²) in [4.78, 5) is -0.507. The van der Waals surface area contributed by atoms with Crippen LogP contribution in [0.2, 0.25) is 0 Å². The van der Waals surface area contributed by atoms with Gasteiger partial charge in [-0.25, -0.2) is 12.4 Å². The Bertz CT molecular complexity index is 1190. The van der Waals surface area contributed by atoms with Crippen molar-refractivity contribution in [1.82, 2.24) is 3.97 Å². The number of nitriles is 1. The molecule has 24 heavy (non-hydrogen) atoms. The number of rotatable bonds is 3. The zero-order valence-electron chi connectivity index (χ0n) is 12.0. The molecule has 0 fully saturated rings.